The maximum atomic E-state index is 11.3. The van der Waals surface area contributed by atoms with Gasteiger partial charge in [0.05, 0.1) is 25.9 Å². The van der Waals surface area contributed by atoms with E-state index in [9.17, 15) is 4.79 Å². The molecule has 0 amide bonds. The highest BCUT2D eigenvalue weighted by molar-refractivity contribution is 5.71. The van der Waals surface area contributed by atoms with Crippen molar-refractivity contribution in [3.63, 3.8) is 0 Å². The Labute approximate surface area is 96.4 Å². The van der Waals surface area contributed by atoms with E-state index in [-0.39, 0.29) is 18.6 Å². The molecule has 0 saturated carbocycles. The summed E-state index contributed by atoms with van der Waals surface area (Å²) in [6.45, 7) is 8.18. The largest absolute Gasteiger partial charge is 0.458 e. The van der Waals surface area contributed by atoms with E-state index in [1.807, 2.05) is 20.8 Å². The fraction of sp³-hybridized carbons (Fsp3) is 0.909. The lowest BCUT2D eigenvalue weighted by atomic mass is 10.2. The number of carbonyl (C=O) groups is 1. The summed E-state index contributed by atoms with van der Waals surface area (Å²) >= 11 is 0. The van der Waals surface area contributed by atoms with Crippen molar-refractivity contribution in [2.75, 3.05) is 33.0 Å². The lowest BCUT2D eigenvalue weighted by Gasteiger charge is -2.24. The molecule has 1 N–H and O–H groups in total. The second-order valence-electron chi connectivity index (χ2n) is 4.83. The van der Waals surface area contributed by atoms with E-state index in [4.69, 9.17) is 14.2 Å². The molecule has 94 valence electrons. The molecular formula is C11H21NO4. The Morgan fingerprint density at radius 3 is 2.81 bits per heavy atom. The topological polar surface area (TPSA) is 56.8 Å². The Kier molecular flexibility index (Phi) is 5.18. The van der Waals surface area contributed by atoms with Crippen LogP contribution in [0.5, 0.6) is 0 Å². The fourth-order valence-corrected chi connectivity index (χ4v) is 1.38. The first-order valence-electron chi connectivity index (χ1n) is 5.58. The van der Waals surface area contributed by atoms with Gasteiger partial charge in [-0.15, -0.1) is 0 Å². The number of hydrogen-bond donors (Lipinski definition) is 1. The Morgan fingerprint density at radius 2 is 2.25 bits per heavy atom. The quantitative estimate of drug-likeness (QED) is 0.707. The molecule has 1 aliphatic heterocycles. The zero-order valence-electron chi connectivity index (χ0n) is 10.2. The molecular weight excluding hydrogens is 210 g/mol. The summed E-state index contributed by atoms with van der Waals surface area (Å²) in [5.41, 5.74) is -0.452. The van der Waals surface area contributed by atoms with E-state index in [0.29, 0.717) is 13.2 Å². The summed E-state index contributed by atoms with van der Waals surface area (Å²) in [6.07, 6.45) is 0. The number of hydrogen-bond acceptors (Lipinski definition) is 5. The molecule has 1 atom stereocenters. The molecule has 5 nitrogen and oxygen atoms in total. The Hall–Kier alpha value is -0.650. The van der Waals surface area contributed by atoms with Crippen molar-refractivity contribution in [3.05, 3.63) is 0 Å². The van der Waals surface area contributed by atoms with Gasteiger partial charge in [-0.25, -0.2) is 4.79 Å². The van der Waals surface area contributed by atoms with Gasteiger partial charge in [-0.3, -0.25) is 0 Å². The van der Waals surface area contributed by atoms with Crippen LogP contribution in [0.2, 0.25) is 0 Å². The molecule has 1 unspecified atom stereocenters. The zero-order valence-corrected chi connectivity index (χ0v) is 10.2. The van der Waals surface area contributed by atoms with Crippen LogP contribution in [0.25, 0.3) is 0 Å². The van der Waals surface area contributed by atoms with E-state index in [1.54, 1.807) is 0 Å². The van der Waals surface area contributed by atoms with Crippen LogP contribution in [-0.4, -0.2) is 50.6 Å². The van der Waals surface area contributed by atoms with Gasteiger partial charge < -0.3 is 19.5 Å². The average molecular weight is 231 g/mol. The second kappa shape index (κ2) is 6.18. The standard InChI is InChI=1S/C11H21NO4/c1-11(2,3)16-10(13)8-15-7-9-6-14-5-4-12-9/h9,12H,4-8H2,1-3H3. The minimum Gasteiger partial charge on any atom is -0.458 e. The smallest absolute Gasteiger partial charge is 0.332 e. The number of ether oxygens (including phenoxy) is 3. The minimum atomic E-state index is -0.452. The predicted molar refractivity (Wildman–Crippen MR) is 59.3 cm³/mol. The van der Waals surface area contributed by atoms with Crippen LogP contribution in [0.3, 0.4) is 0 Å². The Bertz CT molecular complexity index is 219. The molecule has 0 aromatic carbocycles. The van der Waals surface area contributed by atoms with Crippen molar-refractivity contribution in [1.29, 1.82) is 0 Å². The molecule has 0 spiro atoms. The Morgan fingerprint density at radius 1 is 1.50 bits per heavy atom. The lowest BCUT2D eigenvalue weighted by molar-refractivity contribution is -0.160. The maximum Gasteiger partial charge on any atom is 0.332 e. The lowest BCUT2D eigenvalue weighted by Crippen LogP contribution is -2.44. The molecule has 5 heteroatoms. The van der Waals surface area contributed by atoms with Crippen LogP contribution in [0.1, 0.15) is 20.8 Å². The van der Waals surface area contributed by atoms with Crippen molar-refractivity contribution in [3.8, 4) is 0 Å². The van der Waals surface area contributed by atoms with Gasteiger partial charge in [-0.1, -0.05) is 0 Å². The average Bonchev–Trinajstić information content (AvgIpc) is 2.16. The first-order chi connectivity index (χ1) is 7.47. The summed E-state index contributed by atoms with van der Waals surface area (Å²) in [4.78, 5) is 11.3. The molecule has 0 aromatic rings. The van der Waals surface area contributed by atoms with Gasteiger partial charge in [0, 0.05) is 6.54 Å². The van der Waals surface area contributed by atoms with Gasteiger partial charge >= 0.3 is 5.97 Å². The minimum absolute atomic E-state index is 0.00451. The molecule has 1 aliphatic rings. The summed E-state index contributed by atoms with van der Waals surface area (Å²) in [7, 11) is 0. The van der Waals surface area contributed by atoms with Crippen molar-refractivity contribution in [1.82, 2.24) is 5.32 Å². The van der Waals surface area contributed by atoms with Crippen molar-refractivity contribution in [2.45, 2.75) is 32.4 Å². The van der Waals surface area contributed by atoms with E-state index in [2.05, 4.69) is 5.32 Å². The number of carbonyl (C=O) groups excluding carboxylic acids is 1. The predicted octanol–water partition coefficient (Wildman–Crippen LogP) is 0.333. The van der Waals surface area contributed by atoms with Crippen LogP contribution in [0, 0.1) is 0 Å². The number of rotatable bonds is 4. The number of nitrogens with one attached hydrogen (secondary N) is 1. The molecule has 1 rings (SSSR count). The molecule has 0 radical (unpaired) electrons. The van der Waals surface area contributed by atoms with Crippen LogP contribution in [0.15, 0.2) is 0 Å². The summed E-state index contributed by atoms with van der Waals surface area (Å²) in [5.74, 6) is -0.329. The van der Waals surface area contributed by atoms with Crippen molar-refractivity contribution < 1.29 is 19.0 Å². The third-order valence-electron chi connectivity index (χ3n) is 1.96. The first-order valence-corrected chi connectivity index (χ1v) is 5.58. The van der Waals surface area contributed by atoms with Crippen molar-refractivity contribution in [2.24, 2.45) is 0 Å². The molecule has 0 aromatic heterocycles. The SMILES string of the molecule is CC(C)(C)OC(=O)COCC1COCCN1. The molecule has 16 heavy (non-hydrogen) atoms. The molecule has 1 saturated heterocycles. The third kappa shape index (κ3) is 6.05. The van der Waals surface area contributed by atoms with Crippen LogP contribution >= 0.6 is 0 Å². The Balaban J connectivity index is 2.08. The van der Waals surface area contributed by atoms with Gasteiger partial charge in [-0.2, -0.15) is 0 Å². The van der Waals surface area contributed by atoms with Gasteiger partial charge in [0.25, 0.3) is 0 Å². The molecule has 0 bridgehead atoms. The number of esters is 1. The first kappa shape index (κ1) is 13.4. The van der Waals surface area contributed by atoms with Crippen LogP contribution < -0.4 is 5.32 Å². The summed E-state index contributed by atoms with van der Waals surface area (Å²) in [6, 6.07) is 0.177. The summed E-state index contributed by atoms with van der Waals surface area (Å²) in [5, 5.41) is 3.24. The summed E-state index contributed by atoms with van der Waals surface area (Å²) < 4.78 is 15.6. The van der Waals surface area contributed by atoms with E-state index in [0.717, 1.165) is 13.2 Å². The third-order valence-corrected chi connectivity index (χ3v) is 1.96. The van der Waals surface area contributed by atoms with E-state index in [1.165, 1.54) is 0 Å². The molecule has 1 heterocycles. The second-order valence-corrected chi connectivity index (χ2v) is 4.83. The fourth-order valence-electron chi connectivity index (χ4n) is 1.38. The van der Waals surface area contributed by atoms with E-state index >= 15 is 0 Å². The van der Waals surface area contributed by atoms with Gasteiger partial charge in [0.2, 0.25) is 0 Å². The van der Waals surface area contributed by atoms with Gasteiger partial charge in [0.1, 0.15) is 12.2 Å². The maximum absolute atomic E-state index is 11.3. The van der Waals surface area contributed by atoms with Crippen LogP contribution in [-0.2, 0) is 19.0 Å². The van der Waals surface area contributed by atoms with Crippen molar-refractivity contribution >= 4 is 5.97 Å². The molecule has 0 aliphatic carbocycles. The van der Waals surface area contributed by atoms with Crippen LogP contribution in [0.4, 0.5) is 0 Å². The van der Waals surface area contributed by atoms with Gasteiger partial charge in [0.15, 0.2) is 0 Å². The zero-order chi connectivity index (χ0) is 12.0. The normalized spacial score (nSPS) is 21.8. The highest BCUT2D eigenvalue weighted by atomic mass is 16.6. The van der Waals surface area contributed by atoms with E-state index < -0.39 is 5.60 Å². The highest BCUT2D eigenvalue weighted by Crippen LogP contribution is 2.06. The number of morpholine rings is 1. The van der Waals surface area contributed by atoms with Gasteiger partial charge in [-0.05, 0) is 20.8 Å². The monoisotopic (exact) mass is 231 g/mol. The molecule has 1 fully saturated rings. The highest BCUT2D eigenvalue weighted by Gasteiger charge is 2.17.